The van der Waals surface area contributed by atoms with Crippen LogP contribution in [0.1, 0.15) is 31.9 Å². The zero-order chi connectivity index (χ0) is 9.80. The minimum absolute atomic E-state index is 0.770. The number of imidazole rings is 1. The van der Waals surface area contributed by atoms with Crippen LogP contribution in [0.3, 0.4) is 0 Å². The SMILES string of the molecule is CCCCCc1ncnc2nc[nH]c12. The van der Waals surface area contributed by atoms with Gasteiger partial charge in [0.25, 0.3) is 0 Å². The van der Waals surface area contributed by atoms with Crippen LogP contribution < -0.4 is 0 Å². The van der Waals surface area contributed by atoms with Crippen LogP contribution in [-0.2, 0) is 6.42 Å². The summed E-state index contributed by atoms with van der Waals surface area (Å²) in [6.45, 7) is 2.20. The summed E-state index contributed by atoms with van der Waals surface area (Å²) in [5.74, 6) is 0. The molecule has 0 fully saturated rings. The van der Waals surface area contributed by atoms with Crippen molar-refractivity contribution in [2.45, 2.75) is 32.6 Å². The molecule has 0 radical (unpaired) electrons. The van der Waals surface area contributed by atoms with Crippen molar-refractivity contribution in [3.8, 4) is 0 Å². The molecule has 0 saturated carbocycles. The summed E-state index contributed by atoms with van der Waals surface area (Å²) in [5, 5.41) is 0. The average molecular weight is 190 g/mol. The highest BCUT2D eigenvalue weighted by Gasteiger charge is 2.04. The highest BCUT2D eigenvalue weighted by Crippen LogP contribution is 2.12. The monoisotopic (exact) mass is 190 g/mol. The average Bonchev–Trinajstić information content (AvgIpc) is 2.67. The van der Waals surface area contributed by atoms with E-state index >= 15 is 0 Å². The highest BCUT2D eigenvalue weighted by atomic mass is 15.0. The van der Waals surface area contributed by atoms with Gasteiger partial charge in [-0.15, -0.1) is 0 Å². The lowest BCUT2D eigenvalue weighted by Crippen LogP contribution is -1.93. The number of fused-ring (bicyclic) bond motifs is 1. The first kappa shape index (κ1) is 9.12. The van der Waals surface area contributed by atoms with Gasteiger partial charge in [0.2, 0.25) is 0 Å². The van der Waals surface area contributed by atoms with Crippen LogP contribution in [0.15, 0.2) is 12.7 Å². The van der Waals surface area contributed by atoms with Crippen LogP contribution in [0, 0.1) is 0 Å². The first-order valence-corrected chi connectivity index (χ1v) is 5.04. The lowest BCUT2D eigenvalue weighted by Gasteiger charge is -1.99. The predicted octanol–water partition coefficient (Wildman–Crippen LogP) is 2.09. The van der Waals surface area contributed by atoms with Gasteiger partial charge in [-0.05, 0) is 12.8 Å². The summed E-state index contributed by atoms with van der Waals surface area (Å²) in [5.41, 5.74) is 2.84. The molecule has 0 spiro atoms. The number of aryl methyl sites for hydroxylation is 1. The van der Waals surface area contributed by atoms with Crippen LogP contribution in [0.5, 0.6) is 0 Å². The Bertz CT molecular complexity index is 407. The Morgan fingerprint density at radius 1 is 1.21 bits per heavy atom. The van der Waals surface area contributed by atoms with Crippen LogP contribution in [-0.4, -0.2) is 19.9 Å². The van der Waals surface area contributed by atoms with Gasteiger partial charge in [-0.1, -0.05) is 19.8 Å². The lowest BCUT2D eigenvalue weighted by molar-refractivity contribution is 0.709. The molecule has 0 saturated heterocycles. The van der Waals surface area contributed by atoms with Crippen molar-refractivity contribution >= 4 is 11.2 Å². The first-order valence-electron chi connectivity index (χ1n) is 5.04. The Morgan fingerprint density at radius 2 is 2.14 bits per heavy atom. The quantitative estimate of drug-likeness (QED) is 0.751. The molecule has 0 aliphatic heterocycles. The standard InChI is InChI=1S/C10H14N4/c1-2-3-4-5-8-9-10(13-6-11-8)14-7-12-9/h6-7H,2-5H2,1H3,(H,11,12,13,14). The van der Waals surface area contributed by atoms with E-state index in [9.17, 15) is 0 Å². The third kappa shape index (κ3) is 1.73. The third-order valence-electron chi connectivity index (χ3n) is 2.32. The molecule has 14 heavy (non-hydrogen) atoms. The molecule has 2 heterocycles. The maximum absolute atomic E-state index is 4.27. The molecule has 0 atom stereocenters. The van der Waals surface area contributed by atoms with Gasteiger partial charge in [-0.3, -0.25) is 0 Å². The van der Waals surface area contributed by atoms with E-state index in [-0.39, 0.29) is 0 Å². The summed E-state index contributed by atoms with van der Waals surface area (Å²) >= 11 is 0. The molecule has 2 rings (SSSR count). The van der Waals surface area contributed by atoms with E-state index in [1.807, 2.05) is 0 Å². The van der Waals surface area contributed by atoms with Crippen molar-refractivity contribution in [1.82, 2.24) is 19.9 Å². The zero-order valence-corrected chi connectivity index (χ0v) is 8.32. The zero-order valence-electron chi connectivity index (χ0n) is 8.32. The third-order valence-corrected chi connectivity index (χ3v) is 2.32. The molecule has 4 nitrogen and oxygen atoms in total. The van der Waals surface area contributed by atoms with Crippen molar-refractivity contribution < 1.29 is 0 Å². The Hall–Kier alpha value is -1.45. The Balaban J connectivity index is 2.19. The number of unbranched alkanes of at least 4 members (excludes halogenated alkanes) is 2. The molecule has 0 bridgehead atoms. The van der Waals surface area contributed by atoms with Crippen LogP contribution in [0.4, 0.5) is 0 Å². The number of H-pyrrole nitrogens is 1. The Kier molecular flexibility index (Phi) is 2.72. The van der Waals surface area contributed by atoms with Gasteiger partial charge < -0.3 is 4.98 Å². The van der Waals surface area contributed by atoms with E-state index in [4.69, 9.17) is 0 Å². The Morgan fingerprint density at radius 3 is 3.00 bits per heavy atom. The largest absolute Gasteiger partial charge is 0.342 e. The second kappa shape index (κ2) is 4.17. The van der Waals surface area contributed by atoms with E-state index in [0.29, 0.717) is 0 Å². The van der Waals surface area contributed by atoms with Gasteiger partial charge in [0, 0.05) is 0 Å². The molecule has 0 unspecified atom stereocenters. The summed E-state index contributed by atoms with van der Waals surface area (Å²) in [6.07, 6.45) is 7.93. The van der Waals surface area contributed by atoms with Gasteiger partial charge in [0.1, 0.15) is 11.8 Å². The number of aromatic nitrogens is 4. The van der Waals surface area contributed by atoms with Gasteiger partial charge in [0.15, 0.2) is 5.65 Å². The fourth-order valence-corrected chi connectivity index (χ4v) is 1.55. The summed E-state index contributed by atoms with van der Waals surface area (Å²) in [7, 11) is 0. The minimum Gasteiger partial charge on any atom is -0.342 e. The lowest BCUT2D eigenvalue weighted by atomic mass is 10.1. The molecule has 0 amide bonds. The normalized spacial score (nSPS) is 10.9. The van der Waals surface area contributed by atoms with Crippen LogP contribution in [0.2, 0.25) is 0 Å². The van der Waals surface area contributed by atoms with Crippen LogP contribution in [0.25, 0.3) is 11.2 Å². The van der Waals surface area contributed by atoms with Gasteiger partial charge in [0.05, 0.1) is 12.0 Å². The maximum atomic E-state index is 4.27. The van der Waals surface area contributed by atoms with E-state index in [1.54, 1.807) is 12.7 Å². The van der Waals surface area contributed by atoms with Gasteiger partial charge in [-0.2, -0.15) is 0 Å². The molecule has 2 aromatic rings. The second-order valence-electron chi connectivity index (χ2n) is 3.38. The number of rotatable bonds is 4. The van der Waals surface area contributed by atoms with Crippen LogP contribution >= 0.6 is 0 Å². The minimum atomic E-state index is 0.770. The van der Waals surface area contributed by atoms with Crippen molar-refractivity contribution in [3.63, 3.8) is 0 Å². The maximum Gasteiger partial charge on any atom is 0.180 e. The van der Waals surface area contributed by atoms with E-state index in [1.165, 1.54) is 19.3 Å². The molecular weight excluding hydrogens is 176 g/mol. The first-order chi connectivity index (χ1) is 6.92. The second-order valence-corrected chi connectivity index (χ2v) is 3.38. The fourth-order valence-electron chi connectivity index (χ4n) is 1.55. The summed E-state index contributed by atoms with van der Waals surface area (Å²) < 4.78 is 0. The van der Waals surface area contributed by atoms with E-state index < -0.39 is 0 Å². The van der Waals surface area contributed by atoms with Crippen molar-refractivity contribution in [3.05, 3.63) is 18.3 Å². The molecule has 1 N–H and O–H groups in total. The summed E-state index contributed by atoms with van der Waals surface area (Å²) in [6, 6.07) is 0. The number of hydrogen-bond donors (Lipinski definition) is 1. The van der Waals surface area contributed by atoms with Crippen molar-refractivity contribution in [2.75, 3.05) is 0 Å². The number of aromatic amines is 1. The molecular formula is C10H14N4. The molecule has 0 aromatic carbocycles. The number of nitrogens with one attached hydrogen (secondary N) is 1. The van der Waals surface area contributed by atoms with Crippen molar-refractivity contribution in [2.24, 2.45) is 0 Å². The van der Waals surface area contributed by atoms with E-state index in [0.717, 1.165) is 23.3 Å². The molecule has 2 aromatic heterocycles. The summed E-state index contributed by atoms with van der Waals surface area (Å²) in [4.78, 5) is 15.5. The Labute approximate surface area is 82.8 Å². The van der Waals surface area contributed by atoms with Gasteiger partial charge >= 0.3 is 0 Å². The van der Waals surface area contributed by atoms with Gasteiger partial charge in [-0.25, -0.2) is 15.0 Å². The molecule has 0 aliphatic rings. The molecule has 4 heteroatoms. The number of nitrogens with zero attached hydrogens (tertiary/aromatic N) is 3. The molecule has 74 valence electrons. The van der Waals surface area contributed by atoms with Crippen molar-refractivity contribution in [1.29, 1.82) is 0 Å². The molecule has 0 aliphatic carbocycles. The van der Waals surface area contributed by atoms with E-state index in [2.05, 4.69) is 26.9 Å². The highest BCUT2D eigenvalue weighted by molar-refractivity contribution is 5.71. The fraction of sp³-hybridized carbons (Fsp3) is 0.500. The topological polar surface area (TPSA) is 54.5 Å². The number of hydrogen-bond acceptors (Lipinski definition) is 3. The predicted molar refractivity (Wildman–Crippen MR) is 54.9 cm³/mol. The smallest absolute Gasteiger partial charge is 0.180 e.